The molecule has 0 radical (unpaired) electrons. The lowest BCUT2D eigenvalue weighted by molar-refractivity contribution is -0.135. The summed E-state index contributed by atoms with van der Waals surface area (Å²) in [6.45, 7) is 4.00. The summed E-state index contributed by atoms with van der Waals surface area (Å²) in [6.07, 6.45) is 0.254. The molecule has 1 aromatic heterocycles. The Balaban J connectivity index is 1.84. The Hall–Kier alpha value is -1.41. The van der Waals surface area contributed by atoms with Crippen molar-refractivity contribution in [2.75, 3.05) is 24.6 Å². The predicted octanol–water partition coefficient (Wildman–Crippen LogP) is 0.361. The Morgan fingerprint density at radius 1 is 1.32 bits per heavy atom. The van der Waals surface area contributed by atoms with E-state index in [-0.39, 0.29) is 42.8 Å². The number of rotatable bonds is 4. The first kappa shape index (κ1) is 17.0. The molecule has 2 heterocycles. The van der Waals surface area contributed by atoms with Gasteiger partial charge in [-0.2, -0.15) is 0 Å². The molecule has 0 saturated carbocycles. The van der Waals surface area contributed by atoms with Crippen LogP contribution in [0.15, 0.2) is 12.1 Å². The number of carbonyl (C=O) groups excluding carboxylic acids is 2. The number of carbonyl (C=O) groups is 2. The first-order chi connectivity index (χ1) is 10.3. The summed E-state index contributed by atoms with van der Waals surface area (Å²) in [6, 6.07) is 3.21. The van der Waals surface area contributed by atoms with Gasteiger partial charge in [0, 0.05) is 22.8 Å². The number of sulfone groups is 1. The van der Waals surface area contributed by atoms with Crippen molar-refractivity contribution < 1.29 is 18.0 Å². The molecule has 1 aliphatic rings. The van der Waals surface area contributed by atoms with Gasteiger partial charge >= 0.3 is 0 Å². The Bertz CT molecular complexity index is 652. The molecule has 0 bridgehead atoms. The highest BCUT2D eigenvalue weighted by Crippen LogP contribution is 2.15. The Morgan fingerprint density at radius 2 is 1.95 bits per heavy atom. The molecule has 0 aromatic carbocycles. The lowest BCUT2D eigenvalue weighted by Crippen LogP contribution is -2.51. The zero-order valence-electron chi connectivity index (χ0n) is 12.7. The topological polar surface area (TPSA) is 83.6 Å². The molecule has 1 saturated heterocycles. The number of nitrogens with one attached hydrogen (secondary N) is 1. The quantitative estimate of drug-likeness (QED) is 0.855. The molecule has 2 amide bonds. The van der Waals surface area contributed by atoms with Crippen LogP contribution in [0, 0.1) is 6.92 Å². The summed E-state index contributed by atoms with van der Waals surface area (Å²) in [5, 5.41) is 2.68. The van der Waals surface area contributed by atoms with Gasteiger partial charge in [-0.15, -0.1) is 11.3 Å². The lowest BCUT2D eigenvalue weighted by atomic mass is 10.2. The number of thiophene rings is 1. The van der Waals surface area contributed by atoms with Crippen LogP contribution in [0.4, 0.5) is 0 Å². The second kappa shape index (κ2) is 6.78. The van der Waals surface area contributed by atoms with E-state index in [0.717, 1.165) is 9.75 Å². The molecule has 0 spiro atoms. The average molecular weight is 344 g/mol. The first-order valence-electron chi connectivity index (χ1n) is 7.11. The van der Waals surface area contributed by atoms with Crippen LogP contribution in [0.5, 0.6) is 0 Å². The fourth-order valence-electron chi connectivity index (χ4n) is 2.30. The van der Waals surface area contributed by atoms with Gasteiger partial charge in [0.05, 0.1) is 17.9 Å². The predicted molar refractivity (Wildman–Crippen MR) is 85.6 cm³/mol. The summed E-state index contributed by atoms with van der Waals surface area (Å²) in [5.41, 5.74) is 0. The third kappa shape index (κ3) is 4.54. The number of aryl methyl sites for hydroxylation is 1. The molecular formula is C14H20N2O4S2. The molecule has 2 rings (SSSR count). The van der Waals surface area contributed by atoms with Crippen LogP contribution in [0.2, 0.25) is 0 Å². The highest BCUT2D eigenvalue weighted by molar-refractivity contribution is 7.91. The van der Waals surface area contributed by atoms with Crippen LogP contribution >= 0.6 is 11.3 Å². The van der Waals surface area contributed by atoms with E-state index in [0.29, 0.717) is 0 Å². The summed E-state index contributed by atoms with van der Waals surface area (Å²) in [5.74, 6) is -0.445. The second-order valence-electron chi connectivity index (χ2n) is 5.46. The average Bonchev–Trinajstić information content (AvgIpc) is 2.83. The molecule has 1 aromatic rings. The summed E-state index contributed by atoms with van der Waals surface area (Å²) in [4.78, 5) is 27.8. The highest BCUT2D eigenvalue weighted by Gasteiger charge is 2.28. The van der Waals surface area contributed by atoms with Gasteiger partial charge < -0.3 is 10.2 Å². The van der Waals surface area contributed by atoms with Gasteiger partial charge in [0.25, 0.3) is 0 Å². The zero-order chi connectivity index (χ0) is 16.3. The van der Waals surface area contributed by atoms with Crippen molar-refractivity contribution in [2.45, 2.75) is 26.3 Å². The third-order valence-electron chi connectivity index (χ3n) is 3.53. The van der Waals surface area contributed by atoms with Crippen LogP contribution in [0.3, 0.4) is 0 Å². The van der Waals surface area contributed by atoms with Crippen molar-refractivity contribution in [3.63, 3.8) is 0 Å². The molecule has 122 valence electrons. The smallest absolute Gasteiger partial charge is 0.244 e. The van der Waals surface area contributed by atoms with Gasteiger partial charge in [0.1, 0.15) is 6.04 Å². The van der Waals surface area contributed by atoms with Gasteiger partial charge in [0.2, 0.25) is 11.8 Å². The van der Waals surface area contributed by atoms with E-state index in [2.05, 4.69) is 5.32 Å². The van der Waals surface area contributed by atoms with Gasteiger partial charge in [-0.25, -0.2) is 8.42 Å². The maximum atomic E-state index is 12.2. The van der Waals surface area contributed by atoms with Crippen LogP contribution in [0.1, 0.15) is 16.7 Å². The minimum atomic E-state index is -3.02. The minimum Gasteiger partial charge on any atom is -0.344 e. The van der Waals surface area contributed by atoms with Crippen LogP contribution in [-0.4, -0.2) is 55.8 Å². The SMILES string of the molecule is Cc1ccc(CC(=O)N[C@@H](C)C(=O)N2CCS(=O)(=O)CC2)s1. The van der Waals surface area contributed by atoms with Crippen molar-refractivity contribution in [1.29, 1.82) is 0 Å². The molecule has 0 unspecified atom stereocenters. The molecule has 6 nitrogen and oxygen atoms in total. The van der Waals surface area contributed by atoms with E-state index < -0.39 is 15.9 Å². The lowest BCUT2D eigenvalue weighted by Gasteiger charge is -2.29. The van der Waals surface area contributed by atoms with E-state index in [9.17, 15) is 18.0 Å². The van der Waals surface area contributed by atoms with Gasteiger partial charge in [0.15, 0.2) is 9.84 Å². The normalized spacial score (nSPS) is 18.7. The Kier molecular flexibility index (Phi) is 5.23. The van der Waals surface area contributed by atoms with Crippen LogP contribution < -0.4 is 5.32 Å². The van der Waals surface area contributed by atoms with Crippen molar-refractivity contribution in [1.82, 2.24) is 10.2 Å². The van der Waals surface area contributed by atoms with Crippen molar-refractivity contribution in [3.8, 4) is 0 Å². The van der Waals surface area contributed by atoms with E-state index in [1.165, 1.54) is 4.90 Å². The summed E-state index contributed by atoms with van der Waals surface area (Å²) in [7, 11) is -3.02. The number of amides is 2. The molecule has 1 fully saturated rings. The Morgan fingerprint density at radius 3 is 2.50 bits per heavy atom. The monoisotopic (exact) mass is 344 g/mol. The minimum absolute atomic E-state index is 0.00607. The highest BCUT2D eigenvalue weighted by atomic mass is 32.2. The molecule has 1 aliphatic heterocycles. The maximum absolute atomic E-state index is 12.2. The number of hydrogen-bond acceptors (Lipinski definition) is 5. The largest absolute Gasteiger partial charge is 0.344 e. The molecule has 1 atom stereocenters. The van der Waals surface area contributed by atoms with Gasteiger partial charge in [-0.05, 0) is 26.0 Å². The van der Waals surface area contributed by atoms with Crippen molar-refractivity contribution >= 4 is 33.0 Å². The summed E-state index contributed by atoms with van der Waals surface area (Å²) >= 11 is 1.56. The van der Waals surface area contributed by atoms with E-state index in [1.807, 2.05) is 19.1 Å². The number of hydrogen-bond donors (Lipinski definition) is 1. The molecular weight excluding hydrogens is 324 g/mol. The van der Waals surface area contributed by atoms with Gasteiger partial charge in [-0.1, -0.05) is 0 Å². The van der Waals surface area contributed by atoms with E-state index in [4.69, 9.17) is 0 Å². The van der Waals surface area contributed by atoms with Gasteiger partial charge in [-0.3, -0.25) is 9.59 Å². The zero-order valence-corrected chi connectivity index (χ0v) is 14.3. The third-order valence-corrected chi connectivity index (χ3v) is 6.14. The summed E-state index contributed by atoms with van der Waals surface area (Å²) < 4.78 is 22.7. The van der Waals surface area contributed by atoms with Crippen molar-refractivity contribution in [2.24, 2.45) is 0 Å². The van der Waals surface area contributed by atoms with Crippen LogP contribution in [-0.2, 0) is 25.8 Å². The molecule has 8 heteroatoms. The van der Waals surface area contributed by atoms with E-state index in [1.54, 1.807) is 18.3 Å². The first-order valence-corrected chi connectivity index (χ1v) is 9.74. The fraction of sp³-hybridized carbons (Fsp3) is 0.571. The van der Waals surface area contributed by atoms with E-state index >= 15 is 0 Å². The molecule has 1 N–H and O–H groups in total. The second-order valence-corrected chi connectivity index (χ2v) is 9.13. The molecule has 0 aliphatic carbocycles. The van der Waals surface area contributed by atoms with Crippen LogP contribution in [0.25, 0.3) is 0 Å². The Labute approximate surface area is 134 Å². The fourth-order valence-corrected chi connectivity index (χ4v) is 4.39. The maximum Gasteiger partial charge on any atom is 0.244 e. The number of nitrogens with zero attached hydrogens (tertiary/aromatic N) is 1. The van der Waals surface area contributed by atoms with Crippen molar-refractivity contribution in [3.05, 3.63) is 21.9 Å². The standard InChI is InChI=1S/C14H20N2O4S2/c1-10-3-4-12(21-10)9-13(17)15-11(2)14(18)16-5-7-22(19,20)8-6-16/h3-4,11H,5-9H2,1-2H3,(H,15,17)/t11-/m0/s1. The molecule has 22 heavy (non-hydrogen) atoms.